The smallest absolute Gasteiger partial charge is 0.128 e. The number of aryl methyl sites for hydroxylation is 1. The molecule has 2 heteroatoms. The van der Waals surface area contributed by atoms with E-state index in [2.05, 4.69) is 36.2 Å². The van der Waals surface area contributed by atoms with Crippen molar-refractivity contribution in [2.24, 2.45) is 5.92 Å². The number of hydrogen-bond donors (Lipinski definition) is 0. The van der Waals surface area contributed by atoms with Gasteiger partial charge in [0.05, 0.1) is 0 Å². The fraction of sp³-hybridized carbons (Fsp3) is 0.789. The first kappa shape index (κ1) is 16.5. The van der Waals surface area contributed by atoms with Crippen molar-refractivity contribution in [2.45, 2.75) is 90.4 Å². The Morgan fingerprint density at radius 3 is 2.19 bits per heavy atom. The highest BCUT2D eigenvalue weighted by molar-refractivity contribution is 5.12. The van der Waals surface area contributed by atoms with E-state index >= 15 is 0 Å². The molecule has 0 unspecified atom stereocenters. The maximum atomic E-state index is 4.56. The quantitative estimate of drug-likeness (QED) is 0.576. The standard InChI is InChI=1S/C19H32N2/c1-3-5-7-8-16-10-12-17(13-11-16)18-14-20-19(21-15-18)9-6-4-2/h14-17H,3-13H2,1-2H3/t16-,17-. The van der Waals surface area contributed by atoms with Crippen molar-refractivity contribution >= 4 is 0 Å². The molecule has 0 atom stereocenters. The van der Waals surface area contributed by atoms with E-state index in [0.717, 1.165) is 18.2 Å². The second-order valence-electron chi connectivity index (χ2n) is 6.75. The van der Waals surface area contributed by atoms with Gasteiger partial charge in [-0.3, -0.25) is 0 Å². The van der Waals surface area contributed by atoms with E-state index in [4.69, 9.17) is 0 Å². The van der Waals surface area contributed by atoms with Gasteiger partial charge in [0.15, 0.2) is 0 Å². The van der Waals surface area contributed by atoms with Gasteiger partial charge in [0.1, 0.15) is 5.82 Å². The van der Waals surface area contributed by atoms with Crippen LogP contribution in [0.15, 0.2) is 12.4 Å². The Morgan fingerprint density at radius 2 is 1.57 bits per heavy atom. The van der Waals surface area contributed by atoms with Gasteiger partial charge in [-0.15, -0.1) is 0 Å². The largest absolute Gasteiger partial charge is 0.241 e. The summed E-state index contributed by atoms with van der Waals surface area (Å²) in [5.41, 5.74) is 1.38. The number of unbranched alkanes of at least 4 members (excludes halogenated alkanes) is 3. The van der Waals surface area contributed by atoms with E-state index in [1.807, 2.05) is 0 Å². The lowest BCUT2D eigenvalue weighted by atomic mass is 9.77. The molecule has 1 fully saturated rings. The molecule has 1 heterocycles. The van der Waals surface area contributed by atoms with Crippen LogP contribution in [-0.4, -0.2) is 9.97 Å². The molecule has 1 aromatic rings. The normalized spacial score (nSPS) is 22.4. The van der Waals surface area contributed by atoms with Crippen LogP contribution < -0.4 is 0 Å². The Balaban J connectivity index is 1.76. The molecular formula is C19H32N2. The van der Waals surface area contributed by atoms with Crippen LogP contribution in [-0.2, 0) is 6.42 Å². The molecule has 1 aromatic heterocycles. The van der Waals surface area contributed by atoms with Gasteiger partial charge < -0.3 is 0 Å². The molecule has 1 aliphatic carbocycles. The Kier molecular flexibility index (Phi) is 7.18. The summed E-state index contributed by atoms with van der Waals surface area (Å²) in [4.78, 5) is 9.12. The predicted molar refractivity (Wildman–Crippen MR) is 89.5 cm³/mol. The maximum Gasteiger partial charge on any atom is 0.128 e. The maximum absolute atomic E-state index is 4.56. The van der Waals surface area contributed by atoms with Gasteiger partial charge in [-0.2, -0.15) is 0 Å². The highest BCUT2D eigenvalue weighted by atomic mass is 14.9. The van der Waals surface area contributed by atoms with Crippen molar-refractivity contribution in [3.8, 4) is 0 Å². The van der Waals surface area contributed by atoms with Crippen LogP contribution in [0.25, 0.3) is 0 Å². The van der Waals surface area contributed by atoms with Crippen LogP contribution in [0.4, 0.5) is 0 Å². The van der Waals surface area contributed by atoms with Crippen molar-refractivity contribution in [3.63, 3.8) is 0 Å². The molecule has 0 aromatic carbocycles. The van der Waals surface area contributed by atoms with E-state index in [1.165, 1.54) is 69.8 Å². The summed E-state index contributed by atoms with van der Waals surface area (Å²) in [7, 11) is 0. The van der Waals surface area contributed by atoms with Crippen LogP contribution in [0.3, 0.4) is 0 Å². The van der Waals surface area contributed by atoms with Gasteiger partial charge in [-0.1, -0.05) is 46.0 Å². The van der Waals surface area contributed by atoms with E-state index in [0.29, 0.717) is 5.92 Å². The van der Waals surface area contributed by atoms with Crippen molar-refractivity contribution in [3.05, 3.63) is 23.8 Å². The summed E-state index contributed by atoms with van der Waals surface area (Å²) in [6.07, 6.45) is 18.8. The second-order valence-corrected chi connectivity index (χ2v) is 6.75. The molecule has 21 heavy (non-hydrogen) atoms. The van der Waals surface area contributed by atoms with Crippen LogP contribution in [0.5, 0.6) is 0 Å². The Morgan fingerprint density at radius 1 is 0.905 bits per heavy atom. The highest BCUT2D eigenvalue weighted by Crippen LogP contribution is 2.37. The monoisotopic (exact) mass is 288 g/mol. The number of aromatic nitrogens is 2. The molecule has 2 nitrogen and oxygen atoms in total. The summed E-state index contributed by atoms with van der Waals surface area (Å²) < 4.78 is 0. The molecule has 1 aliphatic rings. The van der Waals surface area contributed by atoms with Crippen LogP contribution in [0.1, 0.15) is 95.4 Å². The van der Waals surface area contributed by atoms with E-state index in [-0.39, 0.29) is 0 Å². The minimum absolute atomic E-state index is 0.715. The molecule has 118 valence electrons. The molecule has 0 amide bonds. The van der Waals surface area contributed by atoms with Crippen LogP contribution in [0.2, 0.25) is 0 Å². The van der Waals surface area contributed by atoms with Gasteiger partial charge in [0, 0.05) is 18.8 Å². The van der Waals surface area contributed by atoms with Crippen LogP contribution >= 0.6 is 0 Å². The number of nitrogens with zero attached hydrogens (tertiary/aromatic N) is 2. The Bertz CT molecular complexity index is 377. The van der Waals surface area contributed by atoms with Gasteiger partial charge in [-0.05, 0) is 49.5 Å². The van der Waals surface area contributed by atoms with Gasteiger partial charge in [-0.25, -0.2) is 9.97 Å². The minimum Gasteiger partial charge on any atom is -0.241 e. The summed E-state index contributed by atoms with van der Waals surface area (Å²) >= 11 is 0. The zero-order valence-electron chi connectivity index (χ0n) is 14.0. The highest BCUT2D eigenvalue weighted by Gasteiger charge is 2.22. The first-order chi connectivity index (χ1) is 10.3. The summed E-state index contributed by atoms with van der Waals surface area (Å²) in [6, 6.07) is 0. The SMILES string of the molecule is CCCCC[C@H]1CC[C@H](c2cnc(CCCC)nc2)CC1. The predicted octanol–water partition coefficient (Wildman–Crippen LogP) is 5.67. The molecule has 0 aliphatic heterocycles. The van der Waals surface area contributed by atoms with Crippen molar-refractivity contribution in [1.29, 1.82) is 0 Å². The average Bonchev–Trinajstić information content (AvgIpc) is 2.54. The van der Waals surface area contributed by atoms with Gasteiger partial charge in [0.2, 0.25) is 0 Å². The first-order valence-electron chi connectivity index (χ1n) is 9.14. The van der Waals surface area contributed by atoms with Crippen LogP contribution in [0, 0.1) is 5.92 Å². The lowest BCUT2D eigenvalue weighted by molar-refractivity contribution is 0.302. The second kappa shape index (κ2) is 9.17. The molecular weight excluding hydrogens is 256 g/mol. The van der Waals surface area contributed by atoms with Crippen molar-refractivity contribution in [2.75, 3.05) is 0 Å². The average molecular weight is 288 g/mol. The summed E-state index contributed by atoms with van der Waals surface area (Å²) in [5.74, 6) is 2.72. The number of hydrogen-bond acceptors (Lipinski definition) is 2. The van der Waals surface area contributed by atoms with E-state index in [9.17, 15) is 0 Å². The third-order valence-corrected chi connectivity index (χ3v) is 5.01. The lowest BCUT2D eigenvalue weighted by Crippen LogP contribution is -2.14. The zero-order valence-corrected chi connectivity index (χ0v) is 14.0. The van der Waals surface area contributed by atoms with E-state index < -0.39 is 0 Å². The molecule has 0 bridgehead atoms. The molecule has 0 spiro atoms. The lowest BCUT2D eigenvalue weighted by Gasteiger charge is -2.28. The topological polar surface area (TPSA) is 25.8 Å². The third-order valence-electron chi connectivity index (χ3n) is 5.01. The fourth-order valence-electron chi connectivity index (χ4n) is 3.51. The van der Waals surface area contributed by atoms with E-state index in [1.54, 1.807) is 0 Å². The zero-order chi connectivity index (χ0) is 14.9. The van der Waals surface area contributed by atoms with Crippen molar-refractivity contribution < 1.29 is 0 Å². The first-order valence-corrected chi connectivity index (χ1v) is 9.14. The number of rotatable bonds is 8. The molecule has 1 saturated carbocycles. The molecule has 2 rings (SSSR count). The van der Waals surface area contributed by atoms with Gasteiger partial charge in [0.25, 0.3) is 0 Å². The Hall–Kier alpha value is -0.920. The molecule has 0 radical (unpaired) electrons. The third kappa shape index (κ3) is 5.41. The molecule has 0 saturated heterocycles. The van der Waals surface area contributed by atoms with Gasteiger partial charge >= 0.3 is 0 Å². The summed E-state index contributed by atoms with van der Waals surface area (Å²) in [5, 5.41) is 0. The van der Waals surface area contributed by atoms with Crippen molar-refractivity contribution in [1.82, 2.24) is 9.97 Å². The molecule has 0 N–H and O–H groups in total. The minimum atomic E-state index is 0.715. The Labute approximate surface area is 130 Å². The summed E-state index contributed by atoms with van der Waals surface area (Å²) in [6.45, 7) is 4.51. The fourth-order valence-corrected chi connectivity index (χ4v) is 3.51.